The molecule has 1 heterocycles. The molecule has 0 fully saturated rings. The molecule has 2 aromatic rings. The van der Waals surface area contributed by atoms with E-state index in [4.69, 9.17) is 0 Å². The van der Waals surface area contributed by atoms with Crippen LogP contribution >= 0.6 is 27.9 Å². The highest BCUT2D eigenvalue weighted by Crippen LogP contribution is 2.29. The molecule has 0 aliphatic rings. The average Bonchev–Trinajstić information content (AvgIpc) is 2.46. The van der Waals surface area contributed by atoms with E-state index in [0.29, 0.717) is 12.4 Å². The molecule has 1 aromatic carbocycles. The van der Waals surface area contributed by atoms with Crippen LogP contribution in [0.3, 0.4) is 0 Å². The van der Waals surface area contributed by atoms with Gasteiger partial charge in [-0.3, -0.25) is 4.72 Å². The Morgan fingerprint density at radius 3 is 2.45 bits per heavy atom. The molecule has 22 heavy (non-hydrogen) atoms. The molecular formula is C14H13BrF3N3S. The fourth-order valence-corrected chi connectivity index (χ4v) is 2.88. The SMILES string of the molecule is CNSc1cnc(NCc2ccc(C(F)(F)F)cc2)c(Br)c1. The summed E-state index contributed by atoms with van der Waals surface area (Å²) < 4.78 is 41.2. The highest BCUT2D eigenvalue weighted by molar-refractivity contribution is 9.10. The maximum Gasteiger partial charge on any atom is 0.416 e. The van der Waals surface area contributed by atoms with Gasteiger partial charge < -0.3 is 5.32 Å². The summed E-state index contributed by atoms with van der Waals surface area (Å²) in [4.78, 5) is 5.22. The van der Waals surface area contributed by atoms with Gasteiger partial charge >= 0.3 is 6.18 Å². The zero-order valence-electron chi connectivity index (χ0n) is 11.5. The summed E-state index contributed by atoms with van der Waals surface area (Å²) in [5, 5.41) is 3.09. The predicted molar refractivity (Wildman–Crippen MR) is 85.6 cm³/mol. The van der Waals surface area contributed by atoms with Gasteiger partial charge in [-0.15, -0.1) is 0 Å². The molecule has 2 N–H and O–H groups in total. The van der Waals surface area contributed by atoms with Gasteiger partial charge in [0.15, 0.2) is 0 Å². The molecule has 0 atom stereocenters. The van der Waals surface area contributed by atoms with Gasteiger partial charge in [0.05, 0.1) is 10.0 Å². The van der Waals surface area contributed by atoms with Crippen molar-refractivity contribution in [1.29, 1.82) is 0 Å². The molecule has 0 radical (unpaired) electrons. The summed E-state index contributed by atoms with van der Waals surface area (Å²) in [7, 11) is 1.81. The quantitative estimate of drug-likeness (QED) is 0.724. The lowest BCUT2D eigenvalue weighted by Gasteiger charge is -2.10. The maximum atomic E-state index is 12.5. The van der Waals surface area contributed by atoms with Crippen LogP contribution in [0.1, 0.15) is 11.1 Å². The van der Waals surface area contributed by atoms with Crippen molar-refractivity contribution in [2.24, 2.45) is 0 Å². The van der Waals surface area contributed by atoms with Gasteiger partial charge in [0.1, 0.15) is 5.82 Å². The lowest BCUT2D eigenvalue weighted by atomic mass is 10.1. The molecule has 0 saturated heterocycles. The van der Waals surface area contributed by atoms with Gasteiger partial charge in [-0.1, -0.05) is 12.1 Å². The van der Waals surface area contributed by atoms with Gasteiger partial charge in [-0.05, 0) is 58.7 Å². The molecule has 0 aliphatic carbocycles. The highest BCUT2D eigenvalue weighted by atomic mass is 79.9. The van der Waals surface area contributed by atoms with Crippen molar-refractivity contribution < 1.29 is 13.2 Å². The van der Waals surface area contributed by atoms with Crippen LogP contribution in [0.5, 0.6) is 0 Å². The second-order valence-electron chi connectivity index (χ2n) is 4.36. The second-order valence-corrected chi connectivity index (χ2v) is 6.29. The summed E-state index contributed by atoms with van der Waals surface area (Å²) in [6.07, 6.45) is -2.60. The molecule has 118 valence electrons. The Balaban J connectivity index is 2.01. The smallest absolute Gasteiger partial charge is 0.365 e. The van der Waals surface area contributed by atoms with Gasteiger partial charge in [0, 0.05) is 17.6 Å². The Bertz CT molecular complexity index is 632. The van der Waals surface area contributed by atoms with Crippen molar-refractivity contribution in [3.05, 3.63) is 52.1 Å². The van der Waals surface area contributed by atoms with Crippen LogP contribution in [0.4, 0.5) is 19.0 Å². The number of benzene rings is 1. The summed E-state index contributed by atoms with van der Waals surface area (Å²) in [5.41, 5.74) is 0.0966. The minimum absolute atomic E-state index is 0.391. The lowest BCUT2D eigenvalue weighted by molar-refractivity contribution is -0.137. The Kier molecular flexibility index (Phi) is 5.71. The Hall–Kier alpha value is -1.25. The fraction of sp³-hybridized carbons (Fsp3) is 0.214. The van der Waals surface area contributed by atoms with Crippen LogP contribution in [0.2, 0.25) is 0 Å². The van der Waals surface area contributed by atoms with Crippen LogP contribution in [0.25, 0.3) is 0 Å². The molecule has 0 unspecified atom stereocenters. The number of nitrogens with one attached hydrogen (secondary N) is 2. The Morgan fingerprint density at radius 1 is 1.23 bits per heavy atom. The zero-order chi connectivity index (χ0) is 16.2. The molecule has 2 rings (SSSR count). The van der Waals surface area contributed by atoms with Crippen LogP contribution in [-0.2, 0) is 12.7 Å². The number of hydrogen-bond donors (Lipinski definition) is 2. The van der Waals surface area contributed by atoms with Gasteiger partial charge in [-0.2, -0.15) is 13.2 Å². The first-order valence-corrected chi connectivity index (χ1v) is 7.90. The number of nitrogens with zero attached hydrogens (tertiary/aromatic N) is 1. The first-order chi connectivity index (χ1) is 10.4. The Labute approximate surface area is 139 Å². The van der Waals surface area contributed by atoms with E-state index in [1.807, 2.05) is 13.1 Å². The van der Waals surface area contributed by atoms with Crippen molar-refractivity contribution in [3.8, 4) is 0 Å². The predicted octanol–water partition coefficient (Wildman–Crippen LogP) is 4.70. The van der Waals surface area contributed by atoms with Crippen molar-refractivity contribution in [2.75, 3.05) is 12.4 Å². The molecule has 0 spiro atoms. The first kappa shape index (κ1) is 17.1. The van der Waals surface area contributed by atoms with E-state index < -0.39 is 11.7 Å². The lowest BCUT2D eigenvalue weighted by Crippen LogP contribution is -2.06. The summed E-state index contributed by atoms with van der Waals surface area (Å²) in [6, 6.07) is 6.96. The number of pyridine rings is 1. The maximum absolute atomic E-state index is 12.5. The van der Waals surface area contributed by atoms with Crippen molar-refractivity contribution in [1.82, 2.24) is 9.71 Å². The number of anilines is 1. The van der Waals surface area contributed by atoms with Crippen LogP contribution in [-0.4, -0.2) is 12.0 Å². The Morgan fingerprint density at radius 2 is 1.91 bits per heavy atom. The van der Waals surface area contributed by atoms with Crippen LogP contribution in [0.15, 0.2) is 45.9 Å². The molecular weight excluding hydrogens is 379 g/mol. The average molecular weight is 392 g/mol. The van der Waals surface area contributed by atoms with E-state index in [2.05, 4.69) is 31.0 Å². The zero-order valence-corrected chi connectivity index (χ0v) is 13.9. The standard InChI is InChI=1S/C14H13BrF3N3S/c1-19-22-11-6-12(15)13(21-8-11)20-7-9-2-4-10(5-3-9)14(16,17)18/h2-6,8,19H,7H2,1H3,(H,20,21). The molecule has 0 bridgehead atoms. The number of alkyl halides is 3. The number of rotatable bonds is 5. The molecule has 0 amide bonds. The molecule has 0 saturated carbocycles. The topological polar surface area (TPSA) is 37.0 Å². The molecule has 3 nitrogen and oxygen atoms in total. The molecule has 0 aliphatic heterocycles. The third-order valence-electron chi connectivity index (χ3n) is 2.78. The normalized spacial score (nSPS) is 11.5. The van der Waals surface area contributed by atoms with Crippen molar-refractivity contribution >= 4 is 33.7 Å². The fourth-order valence-electron chi connectivity index (χ4n) is 1.72. The highest BCUT2D eigenvalue weighted by Gasteiger charge is 2.29. The van der Waals surface area contributed by atoms with E-state index in [-0.39, 0.29) is 0 Å². The number of hydrogen-bond acceptors (Lipinski definition) is 4. The van der Waals surface area contributed by atoms with E-state index in [1.54, 1.807) is 6.20 Å². The van der Waals surface area contributed by atoms with E-state index in [0.717, 1.165) is 27.1 Å². The van der Waals surface area contributed by atoms with Crippen LogP contribution < -0.4 is 10.0 Å². The molecule has 8 heteroatoms. The largest absolute Gasteiger partial charge is 0.416 e. The number of halogens is 4. The minimum Gasteiger partial charge on any atom is -0.365 e. The van der Waals surface area contributed by atoms with Crippen LogP contribution in [0, 0.1) is 0 Å². The minimum atomic E-state index is -4.31. The van der Waals surface area contributed by atoms with Crippen molar-refractivity contribution in [3.63, 3.8) is 0 Å². The summed E-state index contributed by atoms with van der Waals surface area (Å²) in [6.45, 7) is 0.391. The van der Waals surface area contributed by atoms with E-state index in [1.165, 1.54) is 24.1 Å². The summed E-state index contributed by atoms with van der Waals surface area (Å²) >= 11 is 4.85. The van der Waals surface area contributed by atoms with E-state index >= 15 is 0 Å². The van der Waals surface area contributed by atoms with Gasteiger partial charge in [0.25, 0.3) is 0 Å². The third-order valence-corrected chi connectivity index (χ3v) is 4.04. The van der Waals surface area contributed by atoms with Gasteiger partial charge in [0.2, 0.25) is 0 Å². The van der Waals surface area contributed by atoms with Gasteiger partial charge in [-0.25, -0.2) is 4.98 Å². The monoisotopic (exact) mass is 391 g/mol. The third kappa shape index (κ3) is 4.62. The van der Waals surface area contributed by atoms with E-state index in [9.17, 15) is 13.2 Å². The first-order valence-electron chi connectivity index (χ1n) is 6.29. The molecule has 1 aromatic heterocycles. The number of aromatic nitrogens is 1. The summed E-state index contributed by atoms with van der Waals surface area (Å²) in [5.74, 6) is 0.639. The second kappa shape index (κ2) is 7.34. The van der Waals surface area contributed by atoms with Crippen molar-refractivity contribution in [2.45, 2.75) is 17.6 Å².